The van der Waals surface area contributed by atoms with Crippen LogP contribution in [0.2, 0.25) is 0 Å². The summed E-state index contributed by atoms with van der Waals surface area (Å²) in [5.74, 6) is 0. The van der Waals surface area contributed by atoms with Gasteiger partial charge in [0, 0.05) is 24.3 Å². The van der Waals surface area contributed by atoms with E-state index in [9.17, 15) is 20.2 Å². The van der Waals surface area contributed by atoms with E-state index < -0.39 is 9.85 Å². The number of ether oxygens (including phenoxy) is 1. The summed E-state index contributed by atoms with van der Waals surface area (Å²) < 4.78 is 5.88. The molecule has 0 amide bonds. The Balaban J connectivity index is 2.05. The quantitative estimate of drug-likeness (QED) is 0.583. The highest BCUT2D eigenvalue weighted by Gasteiger charge is 2.15. The molecule has 0 heterocycles. The van der Waals surface area contributed by atoms with Crippen molar-refractivity contribution in [3.63, 3.8) is 0 Å². The fourth-order valence-electron chi connectivity index (χ4n) is 2.20. The topological polar surface area (TPSA) is 95.5 Å². The van der Waals surface area contributed by atoms with Crippen molar-refractivity contribution in [1.29, 1.82) is 0 Å². The van der Waals surface area contributed by atoms with Crippen LogP contribution in [0.3, 0.4) is 0 Å². The van der Waals surface area contributed by atoms with E-state index in [1.807, 2.05) is 13.8 Å². The molecule has 23 heavy (non-hydrogen) atoms. The fourth-order valence-corrected chi connectivity index (χ4v) is 2.20. The number of nitro benzene ring substituents is 2. The maximum atomic E-state index is 10.6. The second kappa shape index (κ2) is 6.97. The molecule has 7 heteroatoms. The molecule has 0 saturated heterocycles. The van der Waals surface area contributed by atoms with Crippen molar-refractivity contribution in [2.24, 2.45) is 0 Å². The Morgan fingerprint density at radius 3 is 1.30 bits per heavy atom. The van der Waals surface area contributed by atoms with Gasteiger partial charge < -0.3 is 4.74 Å². The monoisotopic (exact) mass is 316 g/mol. The molecule has 2 atom stereocenters. The van der Waals surface area contributed by atoms with Crippen molar-refractivity contribution >= 4 is 11.4 Å². The summed E-state index contributed by atoms with van der Waals surface area (Å²) in [4.78, 5) is 20.4. The van der Waals surface area contributed by atoms with E-state index in [1.165, 1.54) is 24.3 Å². The van der Waals surface area contributed by atoms with E-state index in [-0.39, 0.29) is 23.6 Å². The normalized spacial score (nSPS) is 13.3. The third-order valence-corrected chi connectivity index (χ3v) is 3.55. The molecule has 0 radical (unpaired) electrons. The van der Waals surface area contributed by atoms with Crippen LogP contribution in [0.25, 0.3) is 0 Å². The highest BCUT2D eigenvalue weighted by atomic mass is 16.6. The van der Waals surface area contributed by atoms with Gasteiger partial charge in [0.2, 0.25) is 0 Å². The number of nitro groups is 2. The first-order valence-electron chi connectivity index (χ1n) is 7.02. The Labute approximate surface area is 132 Å². The lowest BCUT2D eigenvalue weighted by Crippen LogP contribution is -2.05. The van der Waals surface area contributed by atoms with E-state index in [4.69, 9.17) is 4.74 Å². The molecular weight excluding hydrogens is 300 g/mol. The van der Waals surface area contributed by atoms with Gasteiger partial charge in [0.15, 0.2) is 0 Å². The Morgan fingerprint density at radius 1 is 0.739 bits per heavy atom. The molecule has 7 nitrogen and oxygen atoms in total. The summed E-state index contributed by atoms with van der Waals surface area (Å²) in [5.41, 5.74) is 1.71. The zero-order chi connectivity index (χ0) is 17.0. The third-order valence-electron chi connectivity index (χ3n) is 3.55. The summed E-state index contributed by atoms with van der Waals surface area (Å²) in [6.07, 6.45) is -0.526. The van der Waals surface area contributed by atoms with E-state index in [1.54, 1.807) is 24.3 Å². The lowest BCUT2D eigenvalue weighted by atomic mass is 10.1. The van der Waals surface area contributed by atoms with Crippen LogP contribution in [0.15, 0.2) is 48.5 Å². The number of non-ortho nitro benzene ring substituents is 2. The van der Waals surface area contributed by atoms with E-state index in [2.05, 4.69) is 0 Å². The summed E-state index contributed by atoms with van der Waals surface area (Å²) in [6.45, 7) is 3.70. The minimum Gasteiger partial charge on any atom is -0.366 e. The molecule has 2 rings (SSSR count). The molecule has 0 fully saturated rings. The molecule has 0 bridgehead atoms. The fraction of sp³-hybridized carbons (Fsp3) is 0.250. The standard InChI is InChI=1S/C16H16N2O5/c1-11(13-3-7-15(8-4-13)17(19)20)23-12(2)14-5-9-16(10-6-14)18(21)22/h3-12H,1-2H3. The van der Waals surface area contributed by atoms with Gasteiger partial charge in [-0.05, 0) is 49.2 Å². The van der Waals surface area contributed by atoms with Gasteiger partial charge in [-0.15, -0.1) is 0 Å². The highest BCUT2D eigenvalue weighted by Crippen LogP contribution is 2.28. The minimum atomic E-state index is -0.450. The van der Waals surface area contributed by atoms with Gasteiger partial charge in [-0.3, -0.25) is 20.2 Å². The molecule has 0 aliphatic heterocycles. The van der Waals surface area contributed by atoms with Crippen LogP contribution >= 0.6 is 0 Å². The smallest absolute Gasteiger partial charge is 0.269 e. The van der Waals surface area contributed by atoms with Crippen LogP contribution in [0.4, 0.5) is 11.4 Å². The predicted molar refractivity (Wildman–Crippen MR) is 84.1 cm³/mol. The maximum absolute atomic E-state index is 10.6. The number of nitrogens with zero attached hydrogens (tertiary/aromatic N) is 2. The van der Waals surface area contributed by atoms with Crippen LogP contribution in [0.5, 0.6) is 0 Å². The highest BCUT2D eigenvalue weighted by molar-refractivity contribution is 5.35. The van der Waals surface area contributed by atoms with Gasteiger partial charge >= 0.3 is 0 Å². The molecule has 0 N–H and O–H groups in total. The van der Waals surface area contributed by atoms with Gasteiger partial charge in [0.1, 0.15) is 0 Å². The lowest BCUT2D eigenvalue weighted by molar-refractivity contribution is -0.385. The molecule has 2 unspecified atom stereocenters. The van der Waals surface area contributed by atoms with Gasteiger partial charge in [-0.2, -0.15) is 0 Å². The van der Waals surface area contributed by atoms with Crippen molar-refractivity contribution < 1.29 is 14.6 Å². The third kappa shape index (κ3) is 4.10. The average Bonchev–Trinajstić information content (AvgIpc) is 2.54. The molecule has 0 aromatic heterocycles. The summed E-state index contributed by atoms with van der Waals surface area (Å²) in [7, 11) is 0. The summed E-state index contributed by atoms with van der Waals surface area (Å²) >= 11 is 0. The molecule has 0 spiro atoms. The second-order valence-electron chi connectivity index (χ2n) is 5.12. The first-order chi connectivity index (χ1) is 10.9. The summed E-state index contributed by atoms with van der Waals surface area (Å²) in [5, 5.41) is 21.3. The number of hydrogen-bond acceptors (Lipinski definition) is 5. The first-order valence-corrected chi connectivity index (χ1v) is 7.02. The number of rotatable bonds is 6. The Morgan fingerprint density at radius 2 is 1.04 bits per heavy atom. The van der Waals surface area contributed by atoms with Crippen molar-refractivity contribution in [2.45, 2.75) is 26.1 Å². The summed E-state index contributed by atoms with van der Waals surface area (Å²) in [6, 6.07) is 12.4. The van der Waals surface area contributed by atoms with Crippen LogP contribution < -0.4 is 0 Å². The zero-order valence-corrected chi connectivity index (χ0v) is 12.7. The number of benzene rings is 2. The van der Waals surface area contributed by atoms with Crippen LogP contribution in [-0.4, -0.2) is 9.85 Å². The van der Waals surface area contributed by atoms with Gasteiger partial charge in [0.05, 0.1) is 22.1 Å². The van der Waals surface area contributed by atoms with Gasteiger partial charge in [0.25, 0.3) is 11.4 Å². The Kier molecular flexibility index (Phi) is 5.02. The molecule has 2 aromatic rings. The van der Waals surface area contributed by atoms with Gasteiger partial charge in [-0.1, -0.05) is 0 Å². The average molecular weight is 316 g/mol. The zero-order valence-electron chi connectivity index (χ0n) is 12.7. The van der Waals surface area contributed by atoms with Crippen molar-refractivity contribution in [3.05, 3.63) is 79.9 Å². The van der Waals surface area contributed by atoms with Crippen LogP contribution in [0, 0.1) is 20.2 Å². The van der Waals surface area contributed by atoms with E-state index >= 15 is 0 Å². The van der Waals surface area contributed by atoms with E-state index in [0.717, 1.165) is 11.1 Å². The van der Waals surface area contributed by atoms with Crippen molar-refractivity contribution in [3.8, 4) is 0 Å². The predicted octanol–water partition coefficient (Wildman–Crippen LogP) is 4.34. The van der Waals surface area contributed by atoms with Crippen molar-refractivity contribution in [2.75, 3.05) is 0 Å². The van der Waals surface area contributed by atoms with Crippen LogP contribution in [-0.2, 0) is 4.74 Å². The Hall–Kier alpha value is -2.80. The van der Waals surface area contributed by atoms with Crippen molar-refractivity contribution in [1.82, 2.24) is 0 Å². The molecule has 0 saturated carbocycles. The van der Waals surface area contributed by atoms with E-state index in [0.29, 0.717) is 0 Å². The molecule has 0 aliphatic carbocycles. The molecule has 120 valence electrons. The maximum Gasteiger partial charge on any atom is 0.269 e. The van der Waals surface area contributed by atoms with Crippen LogP contribution in [0.1, 0.15) is 37.2 Å². The Bertz CT molecular complexity index is 636. The molecule has 2 aromatic carbocycles. The molecule has 0 aliphatic rings. The largest absolute Gasteiger partial charge is 0.366 e. The lowest BCUT2D eigenvalue weighted by Gasteiger charge is -2.19. The number of hydrogen-bond donors (Lipinski definition) is 0. The minimum absolute atomic E-state index is 0.0318. The molecular formula is C16H16N2O5. The SMILES string of the molecule is CC(OC(C)c1ccc([N+](=O)[O-])cc1)c1ccc([N+](=O)[O-])cc1. The first kappa shape index (κ1) is 16.6. The van der Waals surface area contributed by atoms with Gasteiger partial charge in [-0.25, -0.2) is 0 Å². The second-order valence-corrected chi connectivity index (χ2v) is 5.12.